The summed E-state index contributed by atoms with van der Waals surface area (Å²) in [5, 5.41) is 4.33. The van der Waals surface area contributed by atoms with Crippen LogP contribution < -0.4 is 19.5 Å². The topological polar surface area (TPSA) is 69.7 Å². The lowest BCUT2D eigenvalue weighted by molar-refractivity contribution is 0.0952. The molecule has 6 nitrogen and oxygen atoms in total. The number of hydrogen-bond donors (Lipinski definition) is 1. The third-order valence-corrected chi connectivity index (χ3v) is 6.11. The predicted octanol–water partition coefficient (Wildman–Crippen LogP) is 5.82. The summed E-state index contributed by atoms with van der Waals surface area (Å²) >= 11 is 6.38. The fourth-order valence-electron chi connectivity index (χ4n) is 3.85. The van der Waals surface area contributed by atoms with Gasteiger partial charge in [0, 0.05) is 22.5 Å². The van der Waals surface area contributed by atoms with Gasteiger partial charge in [-0.05, 0) is 54.4 Å². The van der Waals surface area contributed by atoms with E-state index in [4.69, 9.17) is 30.8 Å². The number of rotatable bonds is 7. The van der Waals surface area contributed by atoms with E-state index in [1.54, 1.807) is 33.5 Å². The van der Waals surface area contributed by atoms with Gasteiger partial charge in [0.15, 0.2) is 11.5 Å². The highest BCUT2D eigenvalue weighted by Gasteiger charge is 2.18. The maximum atomic E-state index is 13.4. The zero-order valence-corrected chi connectivity index (χ0v) is 20.2. The summed E-state index contributed by atoms with van der Waals surface area (Å²) in [5.41, 5.74) is 4.29. The molecule has 4 rings (SSSR count). The molecule has 34 heavy (non-hydrogen) atoms. The molecule has 3 aromatic carbocycles. The maximum Gasteiger partial charge on any atom is 0.252 e. The van der Waals surface area contributed by atoms with Crippen molar-refractivity contribution in [2.24, 2.45) is 0 Å². The second kappa shape index (κ2) is 10.0. The van der Waals surface area contributed by atoms with Crippen LogP contribution in [0.5, 0.6) is 17.2 Å². The number of carbonyl (C=O) groups excluding carboxylic acids is 1. The molecule has 0 atom stereocenters. The second-order valence-electron chi connectivity index (χ2n) is 7.70. The highest BCUT2D eigenvalue weighted by Crippen LogP contribution is 2.34. The quantitative estimate of drug-likeness (QED) is 0.364. The van der Waals surface area contributed by atoms with Crippen molar-refractivity contribution in [2.75, 3.05) is 21.3 Å². The van der Waals surface area contributed by atoms with Crippen LogP contribution in [0.3, 0.4) is 0 Å². The van der Waals surface area contributed by atoms with Crippen molar-refractivity contribution in [1.82, 2.24) is 10.3 Å². The Morgan fingerprint density at radius 3 is 2.38 bits per heavy atom. The molecule has 7 heteroatoms. The zero-order chi connectivity index (χ0) is 24.2. The van der Waals surface area contributed by atoms with Crippen molar-refractivity contribution in [2.45, 2.75) is 13.5 Å². The lowest BCUT2D eigenvalue weighted by Crippen LogP contribution is -2.23. The Morgan fingerprint density at radius 2 is 1.65 bits per heavy atom. The fourth-order valence-corrected chi connectivity index (χ4v) is 4.01. The van der Waals surface area contributed by atoms with Gasteiger partial charge in [-0.2, -0.15) is 0 Å². The Kier molecular flexibility index (Phi) is 6.89. The van der Waals surface area contributed by atoms with Gasteiger partial charge in [-0.25, -0.2) is 4.98 Å². The summed E-state index contributed by atoms with van der Waals surface area (Å²) in [6, 6.07) is 18.5. The maximum absolute atomic E-state index is 13.4. The lowest BCUT2D eigenvalue weighted by Gasteiger charge is -2.14. The highest BCUT2D eigenvalue weighted by molar-refractivity contribution is 6.32. The molecule has 174 valence electrons. The minimum Gasteiger partial charge on any atom is -0.496 e. The van der Waals surface area contributed by atoms with Crippen LogP contribution in [0.1, 0.15) is 21.5 Å². The molecule has 0 saturated carbocycles. The van der Waals surface area contributed by atoms with E-state index in [2.05, 4.69) is 5.32 Å². The van der Waals surface area contributed by atoms with E-state index in [0.717, 1.165) is 22.1 Å². The first-order chi connectivity index (χ1) is 16.5. The van der Waals surface area contributed by atoms with Crippen LogP contribution in [0, 0.1) is 6.92 Å². The van der Waals surface area contributed by atoms with Crippen LogP contribution >= 0.6 is 11.6 Å². The molecule has 0 saturated heterocycles. The Balaban J connectivity index is 1.75. The number of amides is 1. The monoisotopic (exact) mass is 476 g/mol. The Labute approximate surface area is 203 Å². The summed E-state index contributed by atoms with van der Waals surface area (Å²) in [4.78, 5) is 18.2. The average Bonchev–Trinajstić information content (AvgIpc) is 2.88. The number of hydrogen-bond acceptors (Lipinski definition) is 5. The van der Waals surface area contributed by atoms with Crippen LogP contribution in [-0.4, -0.2) is 32.2 Å². The van der Waals surface area contributed by atoms with Gasteiger partial charge in [0.05, 0.1) is 38.1 Å². The number of para-hydroxylation sites is 1. The van der Waals surface area contributed by atoms with Crippen LogP contribution in [-0.2, 0) is 6.54 Å². The second-order valence-corrected chi connectivity index (χ2v) is 8.10. The van der Waals surface area contributed by atoms with Crippen molar-refractivity contribution < 1.29 is 19.0 Å². The summed E-state index contributed by atoms with van der Waals surface area (Å²) in [5.74, 6) is 1.68. The Hall–Kier alpha value is -3.77. The van der Waals surface area contributed by atoms with E-state index >= 15 is 0 Å². The fraction of sp³-hybridized carbons (Fsp3) is 0.185. The first-order valence-corrected chi connectivity index (χ1v) is 11.1. The molecule has 1 aromatic heterocycles. The summed E-state index contributed by atoms with van der Waals surface area (Å²) < 4.78 is 16.2. The van der Waals surface area contributed by atoms with Crippen LogP contribution in [0.25, 0.3) is 22.2 Å². The Bertz CT molecular complexity index is 1370. The molecular weight excluding hydrogens is 452 g/mol. The van der Waals surface area contributed by atoms with Gasteiger partial charge in [0.25, 0.3) is 5.91 Å². The molecule has 0 bridgehead atoms. The summed E-state index contributed by atoms with van der Waals surface area (Å²) in [6.45, 7) is 2.22. The SMILES string of the molecule is COc1ccc(CNC(=O)c2cc(-c3ccccc3OC)nc3c(C)c(Cl)ccc23)cc1OC. The average molecular weight is 477 g/mol. The number of aromatic nitrogens is 1. The molecule has 0 unspecified atom stereocenters. The number of pyridine rings is 1. The van der Waals surface area contributed by atoms with Crippen LogP contribution in [0.2, 0.25) is 5.02 Å². The summed E-state index contributed by atoms with van der Waals surface area (Å²) in [7, 11) is 4.77. The first-order valence-electron chi connectivity index (χ1n) is 10.7. The molecule has 0 aliphatic rings. The normalized spacial score (nSPS) is 10.7. The minimum atomic E-state index is -0.222. The van der Waals surface area contributed by atoms with Crippen LogP contribution in [0.15, 0.2) is 60.7 Å². The number of nitrogens with one attached hydrogen (secondary N) is 1. The van der Waals surface area contributed by atoms with E-state index in [1.165, 1.54) is 0 Å². The number of nitrogens with zero attached hydrogens (tertiary/aromatic N) is 1. The third kappa shape index (κ3) is 4.50. The van der Waals surface area contributed by atoms with Gasteiger partial charge in [-0.3, -0.25) is 4.79 Å². The molecule has 0 aliphatic heterocycles. The van der Waals surface area contributed by atoms with Gasteiger partial charge >= 0.3 is 0 Å². The van der Waals surface area contributed by atoms with Gasteiger partial charge in [0.2, 0.25) is 0 Å². The number of ether oxygens (including phenoxy) is 3. The number of methoxy groups -OCH3 is 3. The molecule has 0 aliphatic carbocycles. The summed E-state index contributed by atoms with van der Waals surface area (Å²) in [6.07, 6.45) is 0. The zero-order valence-electron chi connectivity index (χ0n) is 19.4. The van der Waals surface area contributed by atoms with Crippen molar-refractivity contribution >= 4 is 28.4 Å². The number of halogens is 1. The molecule has 1 amide bonds. The number of carbonyl (C=O) groups is 1. The molecule has 0 fully saturated rings. The van der Waals surface area contributed by atoms with E-state index in [0.29, 0.717) is 45.6 Å². The molecule has 1 N–H and O–H groups in total. The molecule has 0 spiro atoms. The van der Waals surface area contributed by atoms with Gasteiger partial charge in [-0.1, -0.05) is 35.9 Å². The van der Waals surface area contributed by atoms with E-state index in [1.807, 2.05) is 55.5 Å². The van der Waals surface area contributed by atoms with E-state index < -0.39 is 0 Å². The molecule has 1 heterocycles. The molecular formula is C27H25ClN2O4. The van der Waals surface area contributed by atoms with E-state index in [-0.39, 0.29) is 5.91 Å². The van der Waals surface area contributed by atoms with Gasteiger partial charge < -0.3 is 19.5 Å². The number of aryl methyl sites for hydroxylation is 1. The van der Waals surface area contributed by atoms with Crippen molar-refractivity contribution in [3.05, 3.63) is 82.4 Å². The van der Waals surface area contributed by atoms with Crippen molar-refractivity contribution in [3.8, 4) is 28.5 Å². The largest absolute Gasteiger partial charge is 0.496 e. The van der Waals surface area contributed by atoms with Gasteiger partial charge in [0.1, 0.15) is 5.75 Å². The number of benzene rings is 3. The molecule has 4 aromatic rings. The van der Waals surface area contributed by atoms with Crippen molar-refractivity contribution in [3.63, 3.8) is 0 Å². The van der Waals surface area contributed by atoms with Gasteiger partial charge in [-0.15, -0.1) is 0 Å². The smallest absolute Gasteiger partial charge is 0.252 e. The predicted molar refractivity (Wildman–Crippen MR) is 134 cm³/mol. The lowest BCUT2D eigenvalue weighted by atomic mass is 10.0. The van der Waals surface area contributed by atoms with Crippen molar-refractivity contribution in [1.29, 1.82) is 0 Å². The molecule has 0 radical (unpaired) electrons. The Morgan fingerprint density at radius 1 is 0.912 bits per heavy atom. The standard InChI is InChI=1S/C27H25ClN2O4/c1-16-21(28)11-10-18-20(14-22(30-26(16)18)19-7-5-6-8-23(19)32-2)27(31)29-15-17-9-12-24(33-3)25(13-17)34-4/h5-14H,15H2,1-4H3,(H,29,31). The minimum absolute atomic E-state index is 0.222. The van der Waals surface area contributed by atoms with E-state index in [9.17, 15) is 4.79 Å². The van der Waals surface area contributed by atoms with Crippen LogP contribution in [0.4, 0.5) is 0 Å². The number of fused-ring (bicyclic) bond motifs is 1. The highest BCUT2D eigenvalue weighted by atomic mass is 35.5. The third-order valence-electron chi connectivity index (χ3n) is 5.70. The first kappa shape index (κ1) is 23.4.